The van der Waals surface area contributed by atoms with Crippen molar-refractivity contribution in [3.05, 3.63) is 70.2 Å². The van der Waals surface area contributed by atoms with Crippen LogP contribution in [-0.2, 0) is 21.6 Å². The second-order valence-corrected chi connectivity index (χ2v) is 8.52. The Morgan fingerprint density at radius 1 is 0.962 bits per heavy atom. The van der Waals surface area contributed by atoms with Crippen LogP contribution in [-0.4, -0.2) is 27.4 Å². The van der Waals surface area contributed by atoms with Crippen LogP contribution in [0.2, 0.25) is 0 Å². The number of benzene rings is 2. The second-order valence-electron chi connectivity index (χ2n) is 7.60. The average molecular weight is 421 g/mol. The van der Waals surface area contributed by atoms with E-state index < -0.39 is 22.8 Å². The Labute approximate surface area is 163 Å². The maximum atomic E-state index is 12.9. The Balaban J connectivity index is 2.50. The summed E-state index contributed by atoms with van der Waals surface area (Å²) in [5.74, 6) is -0.859. The van der Waals surface area contributed by atoms with E-state index in [0.717, 1.165) is 4.47 Å². The van der Waals surface area contributed by atoms with E-state index >= 15 is 0 Å². The smallest absolute Gasteiger partial charge is 0.342 e. The summed E-state index contributed by atoms with van der Waals surface area (Å²) in [5.41, 5.74) is -3.65. The van der Waals surface area contributed by atoms with E-state index in [2.05, 4.69) is 15.9 Å². The highest BCUT2D eigenvalue weighted by Gasteiger charge is 2.55. The molecular weight excluding hydrogens is 396 g/mol. The molecule has 0 spiro atoms. The fourth-order valence-corrected chi connectivity index (χ4v) is 2.97. The molecule has 26 heavy (non-hydrogen) atoms. The molecule has 5 heteroatoms. The van der Waals surface area contributed by atoms with Crippen molar-refractivity contribution in [2.45, 2.75) is 50.9 Å². The Morgan fingerprint density at radius 3 is 2.00 bits per heavy atom. The zero-order valence-electron chi connectivity index (χ0n) is 15.5. The molecule has 0 heterocycles. The largest absolute Gasteiger partial charge is 0.458 e. The summed E-state index contributed by atoms with van der Waals surface area (Å²) in [5, 5.41) is 22.6. The molecule has 140 valence electrons. The molecular formula is C21H25BrO4. The molecule has 0 bridgehead atoms. The van der Waals surface area contributed by atoms with E-state index in [1.54, 1.807) is 63.2 Å². The van der Waals surface area contributed by atoms with Gasteiger partial charge in [-0.1, -0.05) is 58.4 Å². The van der Waals surface area contributed by atoms with Crippen LogP contribution < -0.4 is 0 Å². The molecule has 0 saturated heterocycles. The summed E-state index contributed by atoms with van der Waals surface area (Å²) in [6, 6.07) is 15.9. The fourth-order valence-electron chi connectivity index (χ4n) is 2.70. The molecule has 0 amide bonds. The van der Waals surface area contributed by atoms with Crippen molar-refractivity contribution in [3.8, 4) is 0 Å². The first-order valence-corrected chi connectivity index (χ1v) is 9.23. The minimum atomic E-state index is -2.16. The summed E-state index contributed by atoms with van der Waals surface area (Å²) >= 11 is 3.37. The minimum absolute atomic E-state index is 0.0862. The molecule has 0 aliphatic rings. The van der Waals surface area contributed by atoms with Crippen molar-refractivity contribution >= 4 is 21.9 Å². The number of aliphatic hydroxyl groups is 2. The van der Waals surface area contributed by atoms with E-state index in [4.69, 9.17) is 4.74 Å². The number of carbonyl (C=O) groups excluding carboxylic acids is 1. The van der Waals surface area contributed by atoms with Gasteiger partial charge in [-0.3, -0.25) is 0 Å². The van der Waals surface area contributed by atoms with Gasteiger partial charge in [0, 0.05) is 10.9 Å². The van der Waals surface area contributed by atoms with Crippen molar-refractivity contribution in [1.82, 2.24) is 0 Å². The van der Waals surface area contributed by atoms with Crippen LogP contribution >= 0.6 is 15.9 Å². The third kappa shape index (κ3) is 4.53. The van der Waals surface area contributed by atoms with Crippen molar-refractivity contribution in [2.24, 2.45) is 0 Å². The standard InChI is InChI=1S/C21H25BrO4/c1-19(2,3)26-18(23)21(25,14-15-10-12-17(22)13-11-15)20(4,24)16-8-6-5-7-9-16/h5-13,24-25H,14H2,1-4H3/t20-,21-/m0/s1. The number of halogens is 1. The van der Waals surface area contributed by atoms with Crippen LogP contribution in [0.25, 0.3) is 0 Å². The molecule has 0 aliphatic heterocycles. The molecule has 0 unspecified atom stereocenters. The molecule has 2 N–H and O–H groups in total. The Hall–Kier alpha value is -1.69. The van der Waals surface area contributed by atoms with Crippen LogP contribution in [0, 0.1) is 0 Å². The van der Waals surface area contributed by atoms with Gasteiger partial charge in [-0.25, -0.2) is 4.79 Å². The van der Waals surface area contributed by atoms with Gasteiger partial charge in [-0.05, 0) is 51.0 Å². The number of hydrogen-bond donors (Lipinski definition) is 2. The predicted molar refractivity (Wildman–Crippen MR) is 105 cm³/mol. The second kappa shape index (κ2) is 7.51. The first-order chi connectivity index (χ1) is 12.0. The third-order valence-corrected chi connectivity index (χ3v) is 4.78. The van der Waals surface area contributed by atoms with Crippen molar-refractivity contribution < 1.29 is 19.7 Å². The maximum absolute atomic E-state index is 12.9. The molecule has 0 saturated carbocycles. The van der Waals surface area contributed by atoms with Crippen LogP contribution in [0.3, 0.4) is 0 Å². The van der Waals surface area contributed by atoms with Gasteiger partial charge in [0.15, 0.2) is 5.60 Å². The highest BCUT2D eigenvalue weighted by Crippen LogP contribution is 2.37. The van der Waals surface area contributed by atoms with Crippen LogP contribution in [0.4, 0.5) is 0 Å². The summed E-state index contributed by atoms with van der Waals surface area (Å²) in [4.78, 5) is 12.9. The number of carbonyl (C=O) groups is 1. The molecule has 2 atom stereocenters. The average Bonchev–Trinajstić information content (AvgIpc) is 2.56. The van der Waals surface area contributed by atoms with Crippen molar-refractivity contribution in [1.29, 1.82) is 0 Å². The summed E-state index contributed by atoms with van der Waals surface area (Å²) < 4.78 is 6.33. The van der Waals surface area contributed by atoms with E-state index in [0.29, 0.717) is 11.1 Å². The van der Waals surface area contributed by atoms with Gasteiger partial charge in [-0.15, -0.1) is 0 Å². The van der Waals surface area contributed by atoms with E-state index in [1.165, 1.54) is 6.92 Å². The summed E-state index contributed by atoms with van der Waals surface area (Å²) in [7, 11) is 0. The molecule has 0 radical (unpaired) electrons. The maximum Gasteiger partial charge on any atom is 0.342 e. The normalized spacial score (nSPS) is 16.4. The van der Waals surface area contributed by atoms with Gasteiger partial charge in [0.1, 0.15) is 11.2 Å². The lowest BCUT2D eigenvalue weighted by Gasteiger charge is -2.41. The minimum Gasteiger partial charge on any atom is -0.458 e. The van der Waals surface area contributed by atoms with E-state index in [-0.39, 0.29) is 6.42 Å². The predicted octanol–water partition coefficient (Wildman–Crippen LogP) is 3.97. The number of ether oxygens (including phenoxy) is 1. The zero-order valence-corrected chi connectivity index (χ0v) is 17.1. The van der Waals surface area contributed by atoms with Gasteiger partial charge in [0.2, 0.25) is 0 Å². The van der Waals surface area contributed by atoms with Crippen molar-refractivity contribution in [3.63, 3.8) is 0 Å². The van der Waals surface area contributed by atoms with E-state index in [9.17, 15) is 15.0 Å². The van der Waals surface area contributed by atoms with Gasteiger partial charge in [0.25, 0.3) is 0 Å². The molecule has 2 aromatic rings. The lowest BCUT2D eigenvalue weighted by Crippen LogP contribution is -2.59. The lowest BCUT2D eigenvalue weighted by atomic mass is 9.75. The third-order valence-electron chi connectivity index (χ3n) is 4.25. The quantitative estimate of drug-likeness (QED) is 0.717. The highest BCUT2D eigenvalue weighted by atomic mass is 79.9. The molecule has 0 fully saturated rings. The molecule has 2 aromatic carbocycles. The SMILES string of the molecule is CC(C)(C)OC(=O)[C@@](O)(Cc1ccc(Br)cc1)[C@@](C)(O)c1ccccc1. The Morgan fingerprint density at radius 2 is 1.50 bits per heavy atom. The van der Waals surface area contributed by atoms with Gasteiger partial charge in [0.05, 0.1) is 0 Å². The molecule has 0 aliphatic carbocycles. The first-order valence-electron chi connectivity index (χ1n) is 8.44. The Bertz CT molecular complexity index is 748. The summed E-state index contributed by atoms with van der Waals surface area (Å²) in [6.07, 6.45) is -0.0862. The molecule has 0 aromatic heterocycles. The number of esters is 1. The molecule has 2 rings (SSSR count). The highest BCUT2D eigenvalue weighted by molar-refractivity contribution is 9.10. The van der Waals surface area contributed by atoms with Crippen LogP contribution in [0.15, 0.2) is 59.1 Å². The first kappa shape index (κ1) is 20.6. The Kier molecular flexibility index (Phi) is 5.95. The van der Waals surface area contributed by atoms with E-state index in [1.807, 2.05) is 12.1 Å². The topological polar surface area (TPSA) is 66.8 Å². The van der Waals surface area contributed by atoms with Gasteiger partial charge in [-0.2, -0.15) is 0 Å². The molecule has 4 nitrogen and oxygen atoms in total. The van der Waals surface area contributed by atoms with Gasteiger partial charge < -0.3 is 14.9 Å². The monoisotopic (exact) mass is 420 g/mol. The lowest BCUT2D eigenvalue weighted by molar-refractivity contribution is -0.207. The van der Waals surface area contributed by atoms with Gasteiger partial charge >= 0.3 is 5.97 Å². The van der Waals surface area contributed by atoms with Crippen molar-refractivity contribution in [2.75, 3.05) is 0 Å². The van der Waals surface area contributed by atoms with Crippen LogP contribution in [0.1, 0.15) is 38.8 Å². The zero-order chi connectivity index (χ0) is 19.6. The number of hydrogen-bond acceptors (Lipinski definition) is 4. The number of rotatable bonds is 5. The fraction of sp³-hybridized carbons (Fsp3) is 0.381. The summed E-state index contributed by atoms with van der Waals surface area (Å²) in [6.45, 7) is 6.61. The van der Waals surface area contributed by atoms with Crippen LogP contribution in [0.5, 0.6) is 0 Å².